The minimum absolute atomic E-state index is 0.0537. The Kier molecular flexibility index (Phi) is 6.41. The number of nitro groups is 1. The number of benzene rings is 2. The van der Waals surface area contributed by atoms with Crippen LogP contribution in [0.4, 0.5) is 11.4 Å². The van der Waals surface area contributed by atoms with Gasteiger partial charge in [-0.3, -0.25) is 14.9 Å². The van der Waals surface area contributed by atoms with Crippen LogP contribution in [0.25, 0.3) is 0 Å². The third kappa shape index (κ3) is 4.86. The van der Waals surface area contributed by atoms with Crippen LogP contribution in [0.3, 0.4) is 0 Å². The number of carbonyl (C=O) groups excluding carboxylic acids is 1. The quantitative estimate of drug-likeness (QED) is 0.564. The van der Waals surface area contributed by atoms with Crippen LogP contribution in [-0.2, 0) is 0 Å². The van der Waals surface area contributed by atoms with E-state index in [2.05, 4.69) is 5.32 Å². The van der Waals surface area contributed by atoms with E-state index in [9.17, 15) is 14.9 Å². The standard InChI is InChI=1S/C18H19ClN2O5/c1-11(2)10-26-17-6-4-12(8-15(17)19)20-18(22)14-9-13(21(23)24)5-7-16(14)25-3/h4-9,11H,10H2,1-3H3,(H,20,22). The van der Waals surface area contributed by atoms with Gasteiger partial charge in [-0.15, -0.1) is 0 Å². The first kappa shape index (κ1) is 19.5. The number of nitro benzene ring substituents is 1. The van der Waals surface area contributed by atoms with Crippen molar-refractivity contribution in [2.24, 2.45) is 5.92 Å². The molecule has 138 valence electrons. The molecule has 8 heteroatoms. The SMILES string of the molecule is COc1ccc([N+](=O)[O-])cc1C(=O)Nc1ccc(OCC(C)C)c(Cl)c1. The molecule has 0 aromatic heterocycles. The lowest BCUT2D eigenvalue weighted by Gasteiger charge is -2.12. The monoisotopic (exact) mass is 378 g/mol. The molecule has 0 radical (unpaired) electrons. The van der Waals surface area contributed by atoms with Crippen molar-refractivity contribution in [3.63, 3.8) is 0 Å². The number of hydrogen-bond acceptors (Lipinski definition) is 5. The number of nitrogens with zero attached hydrogens (tertiary/aromatic N) is 1. The fourth-order valence-corrected chi connectivity index (χ4v) is 2.37. The van der Waals surface area contributed by atoms with Crippen LogP contribution >= 0.6 is 11.6 Å². The van der Waals surface area contributed by atoms with Crippen molar-refractivity contribution in [1.82, 2.24) is 0 Å². The molecule has 0 heterocycles. The molecule has 0 fully saturated rings. The Morgan fingerprint density at radius 3 is 2.50 bits per heavy atom. The number of methoxy groups -OCH3 is 1. The van der Waals surface area contributed by atoms with Gasteiger partial charge in [-0.05, 0) is 30.2 Å². The molecule has 26 heavy (non-hydrogen) atoms. The van der Waals surface area contributed by atoms with Gasteiger partial charge in [0, 0.05) is 17.8 Å². The van der Waals surface area contributed by atoms with Gasteiger partial charge in [0.15, 0.2) is 0 Å². The largest absolute Gasteiger partial charge is 0.496 e. The molecular weight excluding hydrogens is 360 g/mol. The Labute approximate surface area is 156 Å². The first-order valence-corrected chi connectivity index (χ1v) is 8.25. The van der Waals surface area contributed by atoms with Gasteiger partial charge >= 0.3 is 0 Å². The van der Waals surface area contributed by atoms with E-state index in [4.69, 9.17) is 21.1 Å². The summed E-state index contributed by atoms with van der Waals surface area (Å²) >= 11 is 6.18. The van der Waals surface area contributed by atoms with Gasteiger partial charge in [0.1, 0.15) is 11.5 Å². The predicted molar refractivity (Wildman–Crippen MR) is 99.4 cm³/mol. The predicted octanol–water partition coefficient (Wildman–Crippen LogP) is 4.54. The minimum atomic E-state index is -0.575. The van der Waals surface area contributed by atoms with Crippen molar-refractivity contribution >= 4 is 28.9 Å². The van der Waals surface area contributed by atoms with E-state index in [0.717, 1.165) is 6.07 Å². The molecule has 2 rings (SSSR count). The normalized spacial score (nSPS) is 10.5. The average molecular weight is 379 g/mol. The highest BCUT2D eigenvalue weighted by molar-refractivity contribution is 6.32. The number of hydrogen-bond donors (Lipinski definition) is 1. The summed E-state index contributed by atoms with van der Waals surface area (Å²) in [5.74, 6) is 0.562. The Bertz CT molecular complexity index is 823. The molecule has 0 spiro atoms. The van der Waals surface area contributed by atoms with Crippen LogP contribution in [0.5, 0.6) is 11.5 Å². The maximum absolute atomic E-state index is 12.5. The van der Waals surface area contributed by atoms with Crippen LogP contribution in [0, 0.1) is 16.0 Å². The molecule has 7 nitrogen and oxygen atoms in total. The second-order valence-corrected chi connectivity index (χ2v) is 6.35. The molecular formula is C18H19ClN2O5. The summed E-state index contributed by atoms with van der Waals surface area (Å²) in [6.45, 7) is 4.57. The van der Waals surface area contributed by atoms with Gasteiger partial charge in [-0.2, -0.15) is 0 Å². The highest BCUT2D eigenvalue weighted by atomic mass is 35.5. The maximum Gasteiger partial charge on any atom is 0.270 e. The third-order valence-electron chi connectivity index (χ3n) is 3.40. The number of anilines is 1. The van der Waals surface area contributed by atoms with Gasteiger partial charge in [0.25, 0.3) is 11.6 Å². The summed E-state index contributed by atoms with van der Waals surface area (Å²) in [5.41, 5.74) is 0.287. The Hall–Kier alpha value is -2.80. The number of nitrogens with one attached hydrogen (secondary N) is 1. The second-order valence-electron chi connectivity index (χ2n) is 5.95. The number of carbonyl (C=O) groups is 1. The molecule has 1 amide bonds. The summed E-state index contributed by atoms with van der Waals surface area (Å²) in [4.78, 5) is 22.8. The first-order valence-electron chi connectivity index (χ1n) is 7.88. The highest BCUT2D eigenvalue weighted by Crippen LogP contribution is 2.29. The first-order chi connectivity index (χ1) is 12.3. The zero-order valence-electron chi connectivity index (χ0n) is 14.6. The van der Waals surface area contributed by atoms with Crippen LogP contribution < -0.4 is 14.8 Å². The lowest BCUT2D eigenvalue weighted by Crippen LogP contribution is -2.13. The molecule has 0 bridgehead atoms. The molecule has 1 N–H and O–H groups in total. The second kappa shape index (κ2) is 8.53. The fraction of sp³-hybridized carbons (Fsp3) is 0.278. The summed E-state index contributed by atoms with van der Waals surface area (Å²) < 4.78 is 10.7. The minimum Gasteiger partial charge on any atom is -0.496 e. The number of ether oxygens (including phenoxy) is 2. The Morgan fingerprint density at radius 1 is 1.23 bits per heavy atom. The van der Waals surface area contributed by atoms with E-state index >= 15 is 0 Å². The van der Waals surface area contributed by atoms with E-state index < -0.39 is 10.8 Å². The molecule has 0 aliphatic heterocycles. The zero-order valence-corrected chi connectivity index (χ0v) is 15.4. The molecule has 2 aromatic carbocycles. The molecule has 0 aliphatic rings. The van der Waals surface area contributed by atoms with E-state index in [-0.39, 0.29) is 17.0 Å². The zero-order chi connectivity index (χ0) is 19.3. The van der Waals surface area contributed by atoms with Crippen molar-refractivity contribution in [2.45, 2.75) is 13.8 Å². The van der Waals surface area contributed by atoms with Crippen molar-refractivity contribution in [2.75, 3.05) is 19.0 Å². The van der Waals surface area contributed by atoms with Gasteiger partial charge in [0.2, 0.25) is 0 Å². The van der Waals surface area contributed by atoms with E-state index in [1.54, 1.807) is 18.2 Å². The number of rotatable bonds is 7. The smallest absolute Gasteiger partial charge is 0.270 e. The average Bonchev–Trinajstić information content (AvgIpc) is 2.60. The highest BCUT2D eigenvalue weighted by Gasteiger charge is 2.18. The fourth-order valence-electron chi connectivity index (χ4n) is 2.14. The van der Waals surface area contributed by atoms with Gasteiger partial charge in [0.05, 0.1) is 29.2 Å². The van der Waals surface area contributed by atoms with Crippen molar-refractivity contribution in [1.29, 1.82) is 0 Å². The number of amides is 1. The van der Waals surface area contributed by atoms with Crippen LogP contribution in [0.1, 0.15) is 24.2 Å². The molecule has 0 atom stereocenters. The van der Waals surface area contributed by atoms with Gasteiger partial charge < -0.3 is 14.8 Å². The van der Waals surface area contributed by atoms with Crippen molar-refractivity contribution in [3.05, 3.63) is 57.1 Å². The summed E-state index contributed by atoms with van der Waals surface area (Å²) in [7, 11) is 1.38. The molecule has 2 aromatic rings. The maximum atomic E-state index is 12.5. The number of non-ortho nitro benzene ring substituents is 1. The molecule has 0 unspecified atom stereocenters. The van der Waals surface area contributed by atoms with Crippen LogP contribution in [-0.4, -0.2) is 24.5 Å². The van der Waals surface area contributed by atoms with Gasteiger partial charge in [-0.1, -0.05) is 25.4 Å². The lowest BCUT2D eigenvalue weighted by molar-refractivity contribution is -0.384. The molecule has 0 saturated heterocycles. The summed E-state index contributed by atoms with van der Waals surface area (Å²) in [6.07, 6.45) is 0. The van der Waals surface area contributed by atoms with Crippen LogP contribution in [0.15, 0.2) is 36.4 Å². The third-order valence-corrected chi connectivity index (χ3v) is 3.70. The van der Waals surface area contributed by atoms with E-state index in [0.29, 0.717) is 29.0 Å². The van der Waals surface area contributed by atoms with Crippen molar-refractivity contribution in [3.8, 4) is 11.5 Å². The Balaban J connectivity index is 2.20. The van der Waals surface area contributed by atoms with E-state index in [1.807, 2.05) is 13.8 Å². The molecule has 0 aliphatic carbocycles. The van der Waals surface area contributed by atoms with Crippen LogP contribution in [0.2, 0.25) is 5.02 Å². The van der Waals surface area contributed by atoms with Gasteiger partial charge in [-0.25, -0.2) is 0 Å². The lowest BCUT2D eigenvalue weighted by atomic mass is 10.1. The molecule has 0 saturated carbocycles. The summed E-state index contributed by atoms with van der Waals surface area (Å²) in [5, 5.41) is 13.9. The number of halogens is 1. The van der Waals surface area contributed by atoms with E-state index in [1.165, 1.54) is 19.2 Å². The Morgan fingerprint density at radius 2 is 1.92 bits per heavy atom. The topological polar surface area (TPSA) is 90.7 Å². The summed E-state index contributed by atoms with van der Waals surface area (Å²) in [6, 6.07) is 8.67. The van der Waals surface area contributed by atoms with Crippen molar-refractivity contribution < 1.29 is 19.2 Å².